The van der Waals surface area contributed by atoms with Crippen molar-refractivity contribution in [2.24, 2.45) is 0 Å². The Morgan fingerprint density at radius 2 is 2.00 bits per heavy atom. The zero-order chi connectivity index (χ0) is 19.5. The van der Waals surface area contributed by atoms with Crippen LogP contribution in [0.2, 0.25) is 0 Å². The first kappa shape index (κ1) is 19.2. The first-order valence-corrected chi connectivity index (χ1v) is 11.3. The van der Waals surface area contributed by atoms with Gasteiger partial charge in [-0.3, -0.25) is 4.79 Å². The summed E-state index contributed by atoms with van der Waals surface area (Å²) in [5.74, 6) is 1.37. The Morgan fingerprint density at radius 1 is 1.21 bits per heavy atom. The minimum atomic E-state index is -0.295. The molecule has 0 spiro atoms. The number of carbonyl (C=O) groups is 1. The van der Waals surface area contributed by atoms with Crippen LogP contribution in [0.5, 0.6) is 11.5 Å². The normalized spacial score (nSPS) is 16.4. The van der Waals surface area contributed by atoms with E-state index in [1.54, 1.807) is 11.3 Å². The number of hydrogen-bond acceptors (Lipinski definition) is 6. The van der Waals surface area contributed by atoms with E-state index in [0.717, 1.165) is 47.6 Å². The van der Waals surface area contributed by atoms with Gasteiger partial charge in [-0.1, -0.05) is 6.42 Å². The molecule has 1 aliphatic carbocycles. The molecule has 1 aliphatic heterocycles. The van der Waals surface area contributed by atoms with Crippen molar-refractivity contribution in [3.8, 4) is 17.6 Å². The van der Waals surface area contributed by atoms with Gasteiger partial charge in [0.15, 0.2) is 11.5 Å². The number of thioether (sulfide) groups is 1. The smallest absolute Gasteiger partial charge is 0.238 e. The van der Waals surface area contributed by atoms with E-state index in [1.807, 2.05) is 25.1 Å². The quantitative estimate of drug-likeness (QED) is 0.576. The van der Waals surface area contributed by atoms with Gasteiger partial charge in [0.2, 0.25) is 5.91 Å². The number of fused-ring (bicyclic) bond motifs is 2. The van der Waals surface area contributed by atoms with Gasteiger partial charge in [-0.05, 0) is 56.4 Å². The monoisotopic (exact) mass is 414 g/mol. The maximum Gasteiger partial charge on any atom is 0.238 e. The average Bonchev–Trinajstić information content (AvgIpc) is 2.86. The molecule has 0 bridgehead atoms. The lowest BCUT2D eigenvalue weighted by molar-refractivity contribution is -0.115. The second-order valence-electron chi connectivity index (χ2n) is 6.94. The van der Waals surface area contributed by atoms with Gasteiger partial charge in [-0.2, -0.15) is 5.26 Å². The summed E-state index contributed by atoms with van der Waals surface area (Å²) in [5.41, 5.74) is 1.80. The van der Waals surface area contributed by atoms with Crippen LogP contribution in [0.25, 0.3) is 0 Å². The van der Waals surface area contributed by atoms with E-state index in [-0.39, 0.29) is 11.2 Å². The lowest BCUT2D eigenvalue weighted by atomic mass is 10.1. The molecule has 2 aromatic rings. The summed E-state index contributed by atoms with van der Waals surface area (Å²) in [7, 11) is 0. The van der Waals surface area contributed by atoms with Crippen LogP contribution in [-0.4, -0.2) is 24.4 Å². The summed E-state index contributed by atoms with van der Waals surface area (Å²) in [4.78, 5) is 15.0. The van der Waals surface area contributed by atoms with Gasteiger partial charge in [0, 0.05) is 9.77 Å². The highest BCUT2D eigenvalue weighted by molar-refractivity contribution is 8.00. The minimum Gasteiger partial charge on any atom is -0.486 e. The van der Waals surface area contributed by atoms with Crippen molar-refractivity contribution in [1.82, 2.24) is 0 Å². The molecule has 0 unspecified atom stereocenters. The van der Waals surface area contributed by atoms with Crippen LogP contribution < -0.4 is 14.8 Å². The molecule has 1 aromatic carbocycles. The van der Waals surface area contributed by atoms with Gasteiger partial charge in [0.1, 0.15) is 24.3 Å². The number of thiophene rings is 1. The first-order chi connectivity index (χ1) is 13.7. The molecule has 28 heavy (non-hydrogen) atoms. The standard InChI is InChI=1S/C21H22N2O3S2/c1-13(27-14-7-8-17-18(11-14)26-10-9-25-17)20(24)23-21-16(12-22)15-5-3-2-4-6-19(15)28-21/h7-8,11,13H,2-6,9-10H2,1H3,(H,23,24)/t13-/m1/s1. The van der Waals surface area contributed by atoms with E-state index in [1.165, 1.54) is 23.1 Å². The SMILES string of the molecule is C[C@@H](Sc1ccc2c(c1)OCCO2)C(=O)Nc1sc2c(c1C#N)CCCCC2. The van der Waals surface area contributed by atoms with Crippen molar-refractivity contribution in [1.29, 1.82) is 5.26 Å². The Labute approximate surface area is 173 Å². The van der Waals surface area contributed by atoms with E-state index >= 15 is 0 Å². The second-order valence-corrected chi connectivity index (χ2v) is 9.45. The van der Waals surface area contributed by atoms with Crippen molar-refractivity contribution in [2.75, 3.05) is 18.5 Å². The summed E-state index contributed by atoms with van der Waals surface area (Å²) in [6, 6.07) is 8.05. The van der Waals surface area contributed by atoms with Gasteiger partial charge >= 0.3 is 0 Å². The van der Waals surface area contributed by atoms with E-state index in [2.05, 4.69) is 11.4 Å². The second kappa shape index (κ2) is 8.46. The highest BCUT2D eigenvalue weighted by Crippen LogP contribution is 2.38. The number of ether oxygens (including phenoxy) is 2. The van der Waals surface area contributed by atoms with E-state index < -0.39 is 0 Å². The molecule has 146 valence electrons. The van der Waals surface area contributed by atoms with E-state index in [9.17, 15) is 10.1 Å². The van der Waals surface area contributed by atoms with Crippen molar-refractivity contribution in [3.63, 3.8) is 0 Å². The molecule has 2 aliphatic rings. The Bertz CT molecular complexity index is 932. The van der Waals surface area contributed by atoms with Crippen LogP contribution in [-0.2, 0) is 17.6 Å². The van der Waals surface area contributed by atoms with Crippen LogP contribution >= 0.6 is 23.1 Å². The van der Waals surface area contributed by atoms with Gasteiger partial charge in [0.05, 0.1) is 10.8 Å². The number of nitrogens with one attached hydrogen (secondary N) is 1. The molecular weight excluding hydrogens is 392 g/mol. The van der Waals surface area contributed by atoms with Crippen LogP contribution in [0, 0.1) is 11.3 Å². The Balaban J connectivity index is 1.46. The van der Waals surface area contributed by atoms with Gasteiger partial charge in [-0.25, -0.2) is 0 Å². The molecule has 5 nitrogen and oxygen atoms in total. The molecule has 2 heterocycles. The fraction of sp³-hybridized carbons (Fsp3) is 0.429. The number of nitrogens with zero attached hydrogens (tertiary/aromatic N) is 1. The Morgan fingerprint density at radius 3 is 2.82 bits per heavy atom. The molecule has 0 radical (unpaired) electrons. The summed E-state index contributed by atoms with van der Waals surface area (Å²) >= 11 is 3.04. The molecule has 0 fully saturated rings. The van der Waals surface area contributed by atoms with Crippen molar-refractivity contribution in [3.05, 3.63) is 34.2 Å². The number of benzene rings is 1. The largest absolute Gasteiger partial charge is 0.486 e. The predicted molar refractivity (Wildman–Crippen MR) is 112 cm³/mol. The Kier molecular flexibility index (Phi) is 5.79. The summed E-state index contributed by atoms with van der Waals surface area (Å²) in [6.45, 7) is 2.98. The number of amides is 1. The maximum atomic E-state index is 12.8. The summed E-state index contributed by atoms with van der Waals surface area (Å²) in [5, 5.41) is 13.0. The van der Waals surface area contributed by atoms with Gasteiger partial charge in [-0.15, -0.1) is 23.1 Å². The van der Waals surface area contributed by atoms with Gasteiger partial charge in [0.25, 0.3) is 0 Å². The van der Waals surface area contributed by atoms with Crippen LogP contribution in [0.1, 0.15) is 42.2 Å². The third-order valence-corrected chi connectivity index (χ3v) is 7.27. The molecule has 1 N–H and O–H groups in total. The zero-order valence-corrected chi connectivity index (χ0v) is 17.4. The van der Waals surface area contributed by atoms with Crippen LogP contribution in [0.3, 0.4) is 0 Å². The fourth-order valence-electron chi connectivity index (χ4n) is 3.52. The molecule has 0 saturated heterocycles. The molecule has 4 rings (SSSR count). The number of nitriles is 1. The molecule has 1 aromatic heterocycles. The highest BCUT2D eigenvalue weighted by atomic mass is 32.2. The summed E-state index contributed by atoms with van der Waals surface area (Å²) < 4.78 is 11.2. The van der Waals surface area contributed by atoms with Crippen molar-refractivity contribution in [2.45, 2.75) is 49.2 Å². The fourth-order valence-corrected chi connectivity index (χ4v) is 5.66. The van der Waals surface area contributed by atoms with Crippen LogP contribution in [0.4, 0.5) is 5.00 Å². The average molecular weight is 415 g/mol. The third-order valence-electron chi connectivity index (χ3n) is 4.97. The molecule has 1 amide bonds. The number of carbonyl (C=O) groups excluding carboxylic acids is 1. The zero-order valence-electron chi connectivity index (χ0n) is 15.7. The minimum absolute atomic E-state index is 0.0900. The number of rotatable bonds is 4. The van der Waals surface area contributed by atoms with E-state index in [0.29, 0.717) is 23.8 Å². The number of aryl methyl sites for hydroxylation is 1. The maximum absolute atomic E-state index is 12.8. The summed E-state index contributed by atoms with van der Waals surface area (Å²) in [6.07, 6.45) is 5.42. The lowest BCUT2D eigenvalue weighted by Crippen LogP contribution is -2.22. The highest BCUT2D eigenvalue weighted by Gasteiger charge is 2.23. The van der Waals surface area contributed by atoms with Crippen LogP contribution in [0.15, 0.2) is 23.1 Å². The Hall–Kier alpha value is -2.17. The van der Waals surface area contributed by atoms with Gasteiger partial charge < -0.3 is 14.8 Å². The predicted octanol–water partition coefficient (Wildman–Crippen LogP) is 4.78. The first-order valence-electron chi connectivity index (χ1n) is 9.57. The lowest BCUT2D eigenvalue weighted by Gasteiger charge is -2.19. The molecular formula is C21H22N2O3S2. The van der Waals surface area contributed by atoms with E-state index in [4.69, 9.17) is 9.47 Å². The number of hydrogen-bond donors (Lipinski definition) is 1. The van der Waals surface area contributed by atoms with Crippen molar-refractivity contribution >= 4 is 34.0 Å². The molecule has 0 saturated carbocycles. The third kappa shape index (κ3) is 3.98. The number of anilines is 1. The van der Waals surface area contributed by atoms with Crippen molar-refractivity contribution < 1.29 is 14.3 Å². The topological polar surface area (TPSA) is 71.3 Å². The molecule has 1 atom stereocenters. The molecule has 7 heteroatoms.